The normalized spacial score (nSPS) is 52.1. The van der Waals surface area contributed by atoms with Crippen LogP contribution in [0.1, 0.15) is 44.9 Å². The maximum absolute atomic E-state index is 5.88. The van der Waals surface area contributed by atoms with E-state index >= 15 is 0 Å². The topological polar surface area (TPSA) is 50.4 Å². The molecule has 1 heterocycles. The summed E-state index contributed by atoms with van der Waals surface area (Å²) in [7, 11) is 0. The van der Waals surface area contributed by atoms with Gasteiger partial charge >= 0.3 is 0 Å². The van der Waals surface area contributed by atoms with Gasteiger partial charge < -0.3 is 11.1 Å². The van der Waals surface area contributed by atoms with Crippen LogP contribution in [0.3, 0.4) is 0 Å². The average molecular weight is 233 g/mol. The van der Waals surface area contributed by atoms with Crippen molar-refractivity contribution < 1.29 is 0 Å². The smallest absolute Gasteiger partial charge is 0.188 e. The molecule has 1 aliphatic heterocycles. The Morgan fingerprint density at radius 2 is 1.65 bits per heavy atom. The van der Waals surface area contributed by atoms with E-state index in [2.05, 4.69) is 10.3 Å². The lowest BCUT2D eigenvalue weighted by molar-refractivity contribution is -0.0722. The number of hydrogen-bond donors (Lipinski definition) is 2. The Morgan fingerprint density at radius 1 is 1.06 bits per heavy atom. The highest BCUT2D eigenvalue weighted by Crippen LogP contribution is 2.61. The molecule has 5 aliphatic rings. The van der Waals surface area contributed by atoms with Crippen LogP contribution >= 0.6 is 0 Å². The fourth-order valence-electron chi connectivity index (χ4n) is 5.67. The summed E-state index contributed by atoms with van der Waals surface area (Å²) in [6.07, 6.45) is 10.2. The highest BCUT2D eigenvalue weighted by Gasteiger charge is 2.54. The lowest BCUT2D eigenvalue weighted by Gasteiger charge is -2.60. The van der Waals surface area contributed by atoms with Crippen molar-refractivity contribution in [2.24, 2.45) is 33.9 Å². The second kappa shape index (κ2) is 3.39. The van der Waals surface area contributed by atoms with E-state index in [1.54, 1.807) is 0 Å². The third kappa shape index (κ3) is 1.50. The molecule has 0 aromatic heterocycles. The molecule has 17 heavy (non-hydrogen) atoms. The van der Waals surface area contributed by atoms with E-state index in [-0.39, 0.29) is 0 Å². The Kier molecular flexibility index (Phi) is 2.04. The summed E-state index contributed by atoms with van der Waals surface area (Å²) in [5.74, 6) is 3.78. The maximum Gasteiger partial charge on any atom is 0.188 e. The third-order valence-electron chi connectivity index (χ3n) is 5.85. The predicted octanol–water partition coefficient (Wildman–Crippen LogP) is 1.88. The summed E-state index contributed by atoms with van der Waals surface area (Å²) in [4.78, 5) is 4.29. The predicted molar refractivity (Wildman–Crippen MR) is 68.6 cm³/mol. The van der Waals surface area contributed by atoms with Crippen molar-refractivity contribution in [2.45, 2.75) is 51.0 Å². The molecule has 4 fully saturated rings. The first kappa shape index (κ1) is 10.2. The SMILES string of the molecule is NC1=NCCC(C23CC4CC(CC(C4)C2)C3)N1. The summed E-state index contributed by atoms with van der Waals surface area (Å²) in [6, 6.07) is 0.619. The van der Waals surface area contributed by atoms with E-state index in [4.69, 9.17) is 5.73 Å². The van der Waals surface area contributed by atoms with Crippen LogP contribution in [-0.2, 0) is 0 Å². The molecule has 4 saturated carbocycles. The average Bonchev–Trinajstić information content (AvgIpc) is 2.27. The van der Waals surface area contributed by atoms with Crippen molar-refractivity contribution in [3.63, 3.8) is 0 Å². The van der Waals surface area contributed by atoms with E-state index < -0.39 is 0 Å². The molecule has 0 radical (unpaired) electrons. The maximum atomic E-state index is 5.88. The molecule has 0 saturated heterocycles. The minimum atomic E-state index is 0.579. The number of nitrogens with two attached hydrogens (primary N) is 1. The van der Waals surface area contributed by atoms with Gasteiger partial charge in [-0.15, -0.1) is 0 Å². The summed E-state index contributed by atoms with van der Waals surface area (Å²) in [6.45, 7) is 0.936. The summed E-state index contributed by atoms with van der Waals surface area (Å²) < 4.78 is 0. The van der Waals surface area contributed by atoms with Crippen LogP contribution < -0.4 is 11.1 Å². The van der Waals surface area contributed by atoms with Crippen LogP contribution in [0, 0.1) is 23.2 Å². The number of nitrogens with zero attached hydrogens (tertiary/aromatic N) is 1. The number of nitrogens with one attached hydrogen (secondary N) is 1. The molecular weight excluding hydrogens is 210 g/mol. The molecule has 4 bridgehead atoms. The monoisotopic (exact) mass is 233 g/mol. The standard InChI is InChI=1S/C14H23N3/c15-13-16-2-1-12(17-13)14-6-9-3-10(7-14)5-11(4-9)8-14/h9-12H,1-8H2,(H3,15,16,17). The number of aliphatic imine (C=N–C) groups is 1. The van der Waals surface area contributed by atoms with Gasteiger partial charge in [-0.2, -0.15) is 0 Å². The van der Waals surface area contributed by atoms with Gasteiger partial charge in [0.2, 0.25) is 0 Å². The van der Waals surface area contributed by atoms with Crippen LogP contribution in [0.5, 0.6) is 0 Å². The Bertz CT molecular complexity index is 325. The van der Waals surface area contributed by atoms with Gasteiger partial charge in [-0.1, -0.05) is 0 Å². The summed E-state index contributed by atoms with van der Waals surface area (Å²) in [5.41, 5.74) is 6.46. The molecule has 0 amide bonds. The van der Waals surface area contributed by atoms with Gasteiger partial charge in [0.1, 0.15) is 0 Å². The Balaban J connectivity index is 1.62. The molecule has 0 aromatic carbocycles. The fraction of sp³-hybridized carbons (Fsp3) is 0.929. The molecule has 3 N–H and O–H groups in total. The molecular formula is C14H23N3. The second-order valence-corrected chi connectivity index (χ2v) is 7.03. The van der Waals surface area contributed by atoms with E-state index in [0.29, 0.717) is 17.4 Å². The van der Waals surface area contributed by atoms with Crippen molar-refractivity contribution in [3.8, 4) is 0 Å². The van der Waals surface area contributed by atoms with Gasteiger partial charge in [0, 0.05) is 12.6 Å². The Morgan fingerprint density at radius 3 is 2.18 bits per heavy atom. The molecule has 0 aromatic rings. The fourth-order valence-corrected chi connectivity index (χ4v) is 5.67. The zero-order valence-corrected chi connectivity index (χ0v) is 10.5. The lowest BCUT2D eigenvalue weighted by atomic mass is 9.47. The molecule has 3 nitrogen and oxygen atoms in total. The van der Waals surface area contributed by atoms with Gasteiger partial charge in [0.15, 0.2) is 5.96 Å². The zero-order valence-electron chi connectivity index (χ0n) is 10.5. The highest BCUT2D eigenvalue weighted by molar-refractivity contribution is 5.78. The first-order valence-corrected chi connectivity index (χ1v) is 7.30. The van der Waals surface area contributed by atoms with Crippen molar-refractivity contribution in [3.05, 3.63) is 0 Å². The highest BCUT2D eigenvalue weighted by atomic mass is 15.1. The van der Waals surface area contributed by atoms with Crippen LogP contribution in [0.4, 0.5) is 0 Å². The van der Waals surface area contributed by atoms with E-state index in [1.807, 2.05) is 0 Å². The third-order valence-corrected chi connectivity index (χ3v) is 5.85. The molecule has 1 unspecified atom stereocenters. The quantitative estimate of drug-likeness (QED) is 0.726. The molecule has 4 aliphatic carbocycles. The van der Waals surface area contributed by atoms with Gasteiger partial charge in [0.25, 0.3) is 0 Å². The van der Waals surface area contributed by atoms with E-state index in [1.165, 1.54) is 44.9 Å². The van der Waals surface area contributed by atoms with E-state index in [0.717, 1.165) is 24.3 Å². The van der Waals surface area contributed by atoms with Gasteiger partial charge in [-0.3, -0.25) is 4.99 Å². The molecule has 0 spiro atoms. The van der Waals surface area contributed by atoms with Crippen LogP contribution in [0.2, 0.25) is 0 Å². The van der Waals surface area contributed by atoms with Crippen LogP contribution in [-0.4, -0.2) is 18.5 Å². The van der Waals surface area contributed by atoms with Gasteiger partial charge in [-0.05, 0) is 68.1 Å². The summed E-state index contributed by atoms with van der Waals surface area (Å²) in [5, 5.41) is 3.50. The first-order chi connectivity index (χ1) is 8.23. The van der Waals surface area contributed by atoms with Gasteiger partial charge in [-0.25, -0.2) is 0 Å². The Hall–Kier alpha value is -0.730. The minimum absolute atomic E-state index is 0.579. The zero-order chi connectivity index (χ0) is 11.5. The lowest BCUT2D eigenvalue weighted by Crippen LogP contribution is -2.59. The summed E-state index contributed by atoms with van der Waals surface area (Å²) >= 11 is 0. The minimum Gasteiger partial charge on any atom is -0.370 e. The molecule has 1 atom stereocenters. The van der Waals surface area contributed by atoms with Crippen molar-refractivity contribution in [2.75, 3.05) is 6.54 Å². The van der Waals surface area contributed by atoms with Crippen LogP contribution in [0.25, 0.3) is 0 Å². The Labute approximate surface area is 103 Å². The van der Waals surface area contributed by atoms with Crippen molar-refractivity contribution in [1.82, 2.24) is 5.32 Å². The number of rotatable bonds is 1. The second-order valence-electron chi connectivity index (χ2n) is 7.03. The number of guanidine groups is 1. The molecule has 3 heteroatoms. The largest absolute Gasteiger partial charge is 0.370 e. The van der Waals surface area contributed by atoms with Gasteiger partial charge in [0.05, 0.1) is 0 Å². The molecule has 94 valence electrons. The van der Waals surface area contributed by atoms with Crippen molar-refractivity contribution in [1.29, 1.82) is 0 Å². The van der Waals surface area contributed by atoms with Crippen molar-refractivity contribution >= 4 is 5.96 Å². The van der Waals surface area contributed by atoms with Crippen LogP contribution in [0.15, 0.2) is 4.99 Å². The number of hydrogen-bond acceptors (Lipinski definition) is 3. The first-order valence-electron chi connectivity index (χ1n) is 7.30. The van der Waals surface area contributed by atoms with E-state index in [9.17, 15) is 0 Å². The molecule has 5 rings (SSSR count).